The van der Waals surface area contributed by atoms with E-state index in [2.05, 4.69) is 27.5 Å². The molecular formula is C20H24N4O2. The molecule has 0 saturated carbocycles. The molecule has 2 heterocycles. The molecule has 6 heteroatoms. The van der Waals surface area contributed by atoms with E-state index >= 15 is 0 Å². The molecule has 0 aliphatic rings. The van der Waals surface area contributed by atoms with Gasteiger partial charge < -0.3 is 19.5 Å². The molecule has 26 heavy (non-hydrogen) atoms. The Morgan fingerprint density at radius 1 is 1.15 bits per heavy atom. The lowest BCUT2D eigenvalue weighted by Crippen LogP contribution is -2.38. The second kappa shape index (κ2) is 7.91. The minimum absolute atomic E-state index is 0.00956. The Balaban J connectivity index is 1.58. The number of nitrogens with one attached hydrogen (secondary N) is 2. The molecule has 0 aliphatic heterocycles. The fourth-order valence-electron chi connectivity index (χ4n) is 2.55. The molecule has 2 aromatic heterocycles. The largest absolute Gasteiger partial charge is 0.464 e. The highest BCUT2D eigenvalue weighted by molar-refractivity contribution is 5.79. The van der Waals surface area contributed by atoms with E-state index in [1.54, 1.807) is 13.3 Å². The average molecular weight is 352 g/mol. The molecule has 6 nitrogen and oxygen atoms in total. The summed E-state index contributed by atoms with van der Waals surface area (Å²) >= 11 is 0. The van der Waals surface area contributed by atoms with Gasteiger partial charge in [-0.15, -0.1) is 0 Å². The van der Waals surface area contributed by atoms with E-state index in [0.717, 1.165) is 22.8 Å². The summed E-state index contributed by atoms with van der Waals surface area (Å²) in [6.07, 6.45) is 1.66. The first-order valence-corrected chi connectivity index (χ1v) is 8.60. The second-order valence-corrected chi connectivity index (χ2v) is 6.25. The molecule has 2 N–H and O–H groups in total. The standard InChI is InChI=1S/C20H24N4O2/c1-13-5-8-16(9-6-13)19-24-17(12-25-19)11-22-20(21-4)23-15(3)18-10-7-14(2)26-18/h5-10,12,15H,11H2,1-4H3,(H2,21,22,23). The predicted octanol–water partition coefficient (Wildman–Crippen LogP) is 3.98. The van der Waals surface area contributed by atoms with Crippen LogP contribution in [-0.2, 0) is 6.54 Å². The van der Waals surface area contributed by atoms with Crippen molar-refractivity contribution in [3.63, 3.8) is 0 Å². The van der Waals surface area contributed by atoms with Crippen LogP contribution in [0.15, 0.2) is 56.5 Å². The van der Waals surface area contributed by atoms with E-state index < -0.39 is 0 Å². The number of hydrogen-bond donors (Lipinski definition) is 2. The van der Waals surface area contributed by atoms with Crippen molar-refractivity contribution in [2.75, 3.05) is 7.05 Å². The molecule has 3 rings (SSSR count). The fourth-order valence-corrected chi connectivity index (χ4v) is 2.55. The van der Waals surface area contributed by atoms with Gasteiger partial charge in [0.2, 0.25) is 5.89 Å². The van der Waals surface area contributed by atoms with Crippen molar-refractivity contribution in [3.05, 3.63) is 65.4 Å². The van der Waals surface area contributed by atoms with E-state index in [-0.39, 0.29) is 6.04 Å². The van der Waals surface area contributed by atoms with Crippen molar-refractivity contribution in [2.45, 2.75) is 33.4 Å². The monoisotopic (exact) mass is 352 g/mol. The topological polar surface area (TPSA) is 75.6 Å². The van der Waals surface area contributed by atoms with Gasteiger partial charge >= 0.3 is 0 Å². The number of aromatic nitrogens is 1. The minimum Gasteiger partial charge on any atom is -0.464 e. The van der Waals surface area contributed by atoms with E-state index in [0.29, 0.717) is 18.4 Å². The highest BCUT2D eigenvalue weighted by Crippen LogP contribution is 2.19. The van der Waals surface area contributed by atoms with Gasteiger partial charge in [-0.1, -0.05) is 17.7 Å². The molecule has 0 saturated heterocycles. The molecule has 0 fully saturated rings. The number of benzene rings is 1. The highest BCUT2D eigenvalue weighted by Gasteiger charge is 2.12. The number of aliphatic imine (C=N–C) groups is 1. The molecule has 0 aliphatic carbocycles. The molecule has 0 radical (unpaired) electrons. The Morgan fingerprint density at radius 3 is 2.58 bits per heavy atom. The number of nitrogens with zero attached hydrogens (tertiary/aromatic N) is 2. The van der Waals surface area contributed by atoms with Gasteiger partial charge in [-0.2, -0.15) is 0 Å². The molecule has 1 atom stereocenters. The minimum atomic E-state index is 0.00956. The third kappa shape index (κ3) is 4.33. The zero-order valence-corrected chi connectivity index (χ0v) is 15.5. The van der Waals surface area contributed by atoms with Gasteiger partial charge in [0.25, 0.3) is 0 Å². The Morgan fingerprint density at radius 2 is 1.92 bits per heavy atom. The van der Waals surface area contributed by atoms with Gasteiger partial charge in [-0.05, 0) is 45.0 Å². The first-order valence-electron chi connectivity index (χ1n) is 8.60. The van der Waals surface area contributed by atoms with Crippen LogP contribution >= 0.6 is 0 Å². The summed E-state index contributed by atoms with van der Waals surface area (Å²) < 4.78 is 11.2. The zero-order chi connectivity index (χ0) is 18.5. The smallest absolute Gasteiger partial charge is 0.226 e. The van der Waals surface area contributed by atoms with Crippen LogP contribution in [0.1, 0.15) is 35.7 Å². The quantitative estimate of drug-likeness (QED) is 0.537. The maximum atomic E-state index is 5.64. The summed E-state index contributed by atoms with van der Waals surface area (Å²) in [5.74, 6) is 3.05. The van der Waals surface area contributed by atoms with Crippen LogP contribution in [0, 0.1) is 13.8 Å². The first kappa shape index (κ1) is 17.8. The Bertz CT molecular complexity index is 877. The number of guanidine groups is 1. The number of furan rings is 1. The summed E-state index contributed by atoms with van der Waals surface area (Å²) in [4.78, 5) is 8.77. The summed E-state index contributed by atoms with van der Waals surface area (Å²) in [7, 11) is 1.73. The van der Waals surface area contributed by atoms with E-state index in [9.17, 15) is 0 Å². The van der Waals surface area contributed by atoms with Crippen LogP contribution in [0.4, 0.5) is 0 Å². The van der Waals surface area contributed by atoms with Crippen LogP contribution in [0.3, 0.4) is 0 Å². The van der Waals surface area contributed by atoms with Crippen molar-refractivity contribution in [1.82, 2.24) is 15.6 Å². The van der Waals surface area contributed by atoms with Crippen molar-refractivity contribution >= 4 is 5.96 Å². The number of oxazole rings is 1. The van der Waals surface area contributed by atoms with Gasteiger partial charge in [0.15, 0.2) is 5.96 Å². The summed E-state index contributed by atoms with van der Waals surface area (Å²) in [5.41, 5.74) is 2.98. The summed E-state index contributed by atoms with van der Waals surface area (Å²) in [6.45, 7) is 6.52. The lowest BCUT2D eigenvalue weighted by Gasteiger charge is -2.15. The van der Waals surface area contributed by atoms with Gasteiger partial charge in [0.05, 0.1) is 18.3 Å². The third-order valence-corrected chi connectivity index (χ3v) is 4.05. The Kier molecular flexibility index (Phi) is 5.41. The highest BCUT2D eigenvalue weighted by atomic mass is 16.3. The molecular weight excluding hydrogens is 328 g/mol. The average Bonchev–Trinajstić information content (AvgIpc) is 3.28. The molecule has 0 bridgehead atoms. The predicted molar refractivity (Wildman–Crippen MR) is 102 cm³/mol. The fraction of sp³-hybridized carbons (Fsp3) is 0.300. The van der Waals surface area contributed by atoms with Crippen molar-refractivity contribution < 1.29 is 8.83 Å². The van der Waals surface area contributed by atoms with E-state index in [4.69, 9.17) is 8.83 Å². The van der Waals surface area contributed by atoms with Gasteiger partial charge in [0, 0.05) is 12.6 Å². The summed E-state index contributed by atoms with van der Waals surface area (Å²) in [6, 6.07) is 12.0. The van der Waals surface area contributed by atoms with Crippen LogP contribution < -0.4 is 10.6 Å². The molecule has 1 unspecified atom stereocenters. The number of hydrogen-bond acceptors (Lipinski definition) is 4. The first-order chi connectivity index (χ1) is 12.5. The van der Waals surface area contributed by atoms with Crippen LogP contribution in [0.5, 0.6) is 0 Å². The lowest BCUT2D eigenvalue weighted by molar-refractivity contribution is 0.441. The zero-order valence-electron chi connectivity index (χ0n) is 15.5. The van der Waals surface area contributed by atoms with Gasteiger partial charge in [-0.3, -0.25) is 4.99 Å². The molecule has 0 amide bonds. The summed E-state index contributed by atoms with van der Waals surface area (Å²) in [5, 5.41) is 6.54. The number of rotatable bonds is 5. The Labute approximate surface area is 153 Å². The van der Waals surface area contributed by atoms with Crippen molar-refractivity contribution in [1.29, 1.82) is 0 Å². The SMILES string of the molecule is CN=C(NCc1coc(-c2ccc(C)cc2)n1)NC(C)c1ccc(C)o1. The third-order valence-electron chi connectivity index (χ3n) is 4.05. The Hall–Kier alpha value is -3.02. The molecule has 3 aromatic rings. The lowest BCUT2D eigenvalue weighted by atomic mass is 10.1. The van der Waals surface area contributed by atoms with Gasteiger partial charge in [0.1, 0.15) is 17.8 Å². The van der Waals surface area contributed by atoms with Crippen LogP contribution in [-0.4, -0.2) is 18.0 Å². The molecule has 0 spiro atoms. The molecule has 136 valence electrons. The maximum Gasteiger partial charge on any atom is 0.226 e. The van der Waals surface area contributed by atoms with Crippen molar-refractivity contribution in [2.24, 2.45) is 4.99 Å². The van der Waals surface area contributed by atoms with Crippen molar-refractivity contribution in [3.8, 4) is 11.5 Å². The van der Waals surface area contributed by atoms with Crippen LogP contribution in [0.2, 0.25) is 0 Å². The maximum absolute atomic E-state index is 5.64. The normalized spacial score (nSPS) is 12.8. The van der Waals surface area contributed by atoms with E-state index in [1.165, 1.54) is 5.56 Å². The molecule has 1 aromatic carbocycles. The van der Waals surface area contributed by atoms with Crippen LogP contribution in [0.25, 0.3) is 11.5 Å². The second-order valence-electron chi connectivity index (χ2n) is 6.25. The number of aryl methyl sites for hydroxylation is 2. The van der Waals surface area contributed by atoms with Gasteiger partial charge in [-0.25, -0.2) is 4.98 Å². The van der Waals surface area contributed by atoms with E-state index in [1.807, 2.05) is 50.2 Å².